The summed E-state index contributed by atoms with van der Waals surface area (Å²) < 4.78 is 5.62. The van der Waals surface area contributed by atoms with Gasteiger partial charge < -0.3 is 14.8 Å². The van der Waals surface area contributed by atoms with E-state index < -0.39 is 11.9 Å². The molecule has 1 aliphatic rings. The molecule has 1 unspecified atom stereocenters. The Bertz CT molecular complexity index is 607. The number of carboxylic acids is 1. The third-order valence-corrected chi connectivity index (χ3v) is 3.53. The molecule has 0 aliphatic heterocycles. The molecule has 0 amide bonds. The van der Waals surface area contributed by atoms with Crippen LogP contribution in [-0.2, 0) is 17.8 Å². The second-order valence-electron chi connectivity index (χ2n) is 4.93. The minimum absolute atomic E-state index is 0.323. The molecule has 1 aromatic carbocycles. The Morgan fingerprint density at radius 3 is 2.95 bits per heavy atom. The summed E-state index contributed by atoms with van der Waals surface area (Å²) >= 11 is 0. The van der Waals surface area contributed by atoms with Gasteiger partial charge in [-0.3, -0.25) is 4.79 Å². The molecule has 1 heterocycles. The third-order valence-electron chi connectivity index (χ3n) is 3.53. The van der Waals surface area contributed by atoms with Gasteiger partial charge in [0.2, 0.25) is 0 Å². The first-order valence-corrected chi connectivity index (χ1v) is 6.72. The van der Waals surface area contributed by atoms with E-state index in [2.05, 4.69) is 9.97 Å². The molecule has 104 valence electrons. The van der Waals surface area contributed by atoms with Gasteiger partial charge in [0.1, 0.15) is 24.1 Å². The quantitative estimate of drug-likeness (QED) is 0.896. The Balaban J connectivity index is 1.74. The lowest BCUT2D eigenvalue weighted by Gasteiger charge is -2.16. The van der Waals surface area contributed by atoms with Crippen LogP contribution in [0, 0.1) is 0 Å². The maximum Gasteiger partial charge on any atom is 0.312 e. The highest BCUT2D eigenvalue weighted by Crippen LogP contribution is 2.30. The summed E-state index contributed by atoms with van der Waals surface area (Å²) in [6.07, 6.45) is 2.40. The fourth-order valence-corrected chi connectivity index (χ4v) is 2.55. The molecule has 0 bridgehead atoms. The molecule has 5 nitrogen and oxygen atoms in total. The van der Waals surface area contributed by atoms with Gasteiger partial charge in [-0.15, -0.1) is 0 Å². The first kappa shape index (κ1) is 12.7. The van der Waals surface area contributed by atoms with Crippen LogP contribution in [0.15, 0.2) is 30.3 Å². The van der Waals surface area contributed by atoms with Gasteiger partial charge in [-0.05, 0) is 31.4 Å². The standard InChI is InChI=1S/C15H16N2O3/c18-15(19)11-7-4-8-12-14(11)17-13(16-12)9-20-10-5-2-1-3-6-10/h1-3,5-6,11H,4,7-9H2,(H,16,17)(H,18,19). The summed E-state index contributed by atoms with van der Waals surface area (Å²) in [7, 11) is 0. The van der Waals surface area contributed by atoms with Crippen molar-refractivity contribution in [1.29, 1.82) is 0 Å². The Morgan fingerprint density at radius 1 is 1.40 bits per heavy atom. The van der Waals surface area contributed by atoms with E-state index in [1.807, 2.05) is 30.3 Å². The second kappa shape index (κ2) is 5.36. The average Bonchev–Trinajstić information content (AvgIpc) is 2.88. The van der Waals surface area contributed by atoms with E-state index in [-0.39, 0.29) is 0 Å². The number of aliphatic carboxylic acids is 1. The normalized spacial score (nSPS) is 17.5. The number of nitrogens with zero attached hydrogens (tertiary/aromatic N) is 1. The molecule has 1 aliphatic carbocycles. The lowest BCUT2D eigenvalue weighted by atomic mass is 9.90. The number of nitrogens with one attached hydrogen (secondary N) is 1. The number of ether oxygens (including phenoxy) is 1. The minimum Gasteiger partial charge on any atom is -0.486 e. The first-order valence-electron chi connectivity index (χ1n) is 6.72. The van der Waals surface area contributed by atoms with Crippen LogP contribution in [0.3, 0.4) is 0 Å². The van der Waals surface area contributed by atoms with E-state index in [1.165, 1.54) is 0 Å². The molecule has 5 heteroatoms. The fraction of sp³-hybridized carbons (Fsp3) is 0.333. The Morgan fingerprint density at radius 2 is 2.20 bits per heavy atom. The average molecular weight is 272 g/mol. The van der Waals surface area contributed by atoms with Gasteiger partial charge in [-0.2, -0.15) is 0 Å². The number of rotatable bonds is 4. The third kappa shape index (κ3) is 2.52. The number of carbonyl (C=O) groups is 1. The molecule has 3 rings (SSSR count). The number of fused-ring (bicyclic) bond motifs is 1. The summed E-state index contributed by atoms with van der Waals surface area (Å²) in [5.74, 6) is 0.178. The SMILES string of the molecule is O=C(O)C1CCCc2[nH]c(COc3ccccc3)nc21. The lowest BCUT2D eigenvalue weighted by Crippen LogP contribution is -2.17. The zero-order valence-electron chi connectivity index (χ0n) is 11.0. The van der Waals surface area contributed by atoms with Gasteiger partial charge in [-0.1, -0.05) is 18.2 Å². The predicted molar refractivity (Wildman–Crippen MR) is 72.7 cm³/mol. The van der Waals surface area contributed by atoms with Crippen molar-refractivity contribution in [3.63, 3.8) is 0 Å². The number of aryl methyl sites for hydroxylation is 1. The number of H-pyrrole nitrogens is 1. The molecule has 2 aromatic rings. The van der Waals surface area contributed by atoms with Crippen LogP contribution < -0.4 is 4.74 Å². The van der Waals surface area contributed by atoms with E-state index >= 15 is 0 Å². The predicted octanol–water partition coefficient (Wildman–Crippen LogP) is 2.49. The van der Waals surface area contributed by atoms with Gasteiger partial charge >= 0.3 is 5.97 Å². The molecule has 20 heavy (non-hydrogen) atoms. The molecular weight excluding hydrogens is 256 g/mol. The number of para-hydroxylation sites is 1. The molecule has 1 atom stereocenters. The zero-order chi connectivity index (χ0) is 13.9. The summed E-state index contributed by atoms with van der Waals surface area (Å²) in [6, 6.07) is 9.49. The largest absolute Gasteiger partial charge is 0.486 e. The molecule has 1 aromatic heterocycles. The van der Waals surface area contributed by atoms with Crippen LogP contribution in [0.4, 0.5) is 0 Å². The van der Waals surface area contributed by atoms with Crippen molar-refractivity contribution in [3.8, 4) is 5.75 Å². The van der Waals surface area contributed by atoms with Crippen LogP contribution >= 0.6 is 0 Å². The van der Waals surface area contributed by atoms with E-state index in [4.69, 9.17) is 4.74 Å². The van der Waals surface area contributed by atoms with Crippen LogP contribution in [0.2, 0.25) is 0 Å². The summed E-state index contributed by atoms with van der Waals surface area (Å²) in [5, 5.41) is 9.22. The number of imidazole rings is 1. The van der Waals surface area contributed by atoms with Crippen molar-refractivity contribution in [2.45, 2.75) is 31.8 Å². The van der Waals surface area contributed by atoms with E-state index in [9.17, 15) is 9.90 Å². The van der Waals surface area contributed by atoms with Gasteiger partial charge in [0.15, 0.2) is 0 Å². The Labute approximate surface area is 116 Å². The van der Waals surface area contributed by atoms with Gasteiger partial charge in [0, 0.05) is 5.69 Å². The summed E-state index contributed by atoms with van der Waals surface area (Å²) in [5.41, 5.74) is 1.62. The lowest BCUT2D eigenvalue weighted by molar-refractivity contribution is -0.139. The number of aromatic amines is 1. The van der Waals surface area contributed by atoms with Crippen molar-refractivity contribution in [2.75, 3.05) is 0 Å². The zero-order valence-corrected chi connectivity index (χ0v) is 11.0. The van der Waals surface area contributed by atoms with Crippen LogP contribution in [0.5, 0.6) is 5.75 Å². The number of aromatic nitrogens is 2. The van der Waals surface area contributed by atoms with Gasteiger partial charge in [0.05, 0.1) is 5.69 Å². The van der Waals surface area contributed by atoms with E-state index in [0.29, 0.717) is 24.5 Å². The number of benzene rings is 1. The molecule has 0 saturated carbocycles. The minimum atomic E-state index is -0.798. The number of hydrogen-bond donors (Lipinski definition) is 2. The maximum atomic E-state index is 11.2. The van der Waals surface area contributed by atoms with Crippen LogP contribution in [0.1, 0.15) is 36.0 Å². The Kier molecular flexibility index (Phi) is 3.41. The number of hydrogen-bond acceptors (Lipinski definition) is 3. The van der Waals surface area contributed by atoms with Crippen molar-refractivity contribution in [3.05, 3.63) is 47.5 Å². The van der Waals surface area contributed by atoms with Crippen molar-refractivity contribution < 1.29 is 14.6 Å². The smallest absolute Gasteiger partial charge is 0.312 e. The van der Waals surface area contributed by atoms with E-state index in [0.717, 1.165) is 24.3 Å². The molecular formula is C15H16N2O3. The topological polar surface area (TPSA) is 75.2 Å². The highest BCUT2D eigenvalue weighted by Gasteiger charge is 2.29. The van der Waals surface area contributed by atoms with Crippen molar-refractivity contribution in [2.24, 2.45) is 0 Å². The fourth-order valence-electron chi connectivity index (χ4n) is 2.55. The molecule has 0 saturated heterocycles. The first-order chi connectivity index (χ1) is 9.74. The highest BCUT2D eigenvalue weighted by molar-refractivity contribution is 5.76. The van der Waals surface area contributed by atoms with Crippen LogP contribution in [0.25, 0.3) is 0 Å². The van der Waals surface area contributed by atoms with Crippen molar-refractivity contribution in [1.82, 2.24) is 9.97 Å². The molecule has 0 radical (unpaired) electrons. The maximum absolute atomic E-state index is 11.2. The van der Waals surface area contributed by atoms with Gasteiger partial charge in [0.25, 0.3) is 0 Å². The summed E-state index contributed by atoms with van der Waals surface area (Å²) in [4.78, 5) is 18.8. The highest BCUT2D eigenvalue weighted by atomic mass is 16.5. The van der Waals surface area contributed by atoms with Gasteiger partial charge in [-0.25, -0.2) is 4.98 Å². The summed E-state index contributed by atoms with van der Waals surface area (Å²) in [6.45, 7) is 0.323. The molecule has 0 fully saturated rings. The Hall–Kier alpha value is -2.30. The van der Waals surface area contributed by atoms with E-state index in [1.54, 1.807) is 0 Å². The molecule has 2 N–H and O–H groups in total. The van der Waals surface area contributed by atoms with Crippen molar-refractivity contribution >= 4 is 5.97 Å². The molecule has 0 spiro atoms. The van der Waals surface area contributed by atoms with Crippen LogP contribution in [-0.4, -0.2) is 21.0 Å². The number of carboxylic acid groups (broad SMARTS) is 1. The monoisotopic (exact) mass is 272 g/mol. The second-order valence-corrected chi connectivity index (χ2v) is 4.93.